The minimum absolute atomic E-state index is 0.0495. The van der Waals surface area contributed by atoms with Crippen molar-refractivity contribution in [2.24, 2.45) is 5.92 Å². The van der Waals surface area contributed by atoms with E-state index in [1.54, 1.807) is 0 Å². The highest BCUT2D eigenvalue weighted by Crippen LogP contribution is 2.39. The van der Waals surface area contributed by atoms with Gasteiger partial charge >= 0.3 is 0 Å². The van der Waals surface area contributed by atoms with Crippen LogP contribution in [-0.4, -0.2) is 7.85 Å². The van der Waals surface area contributed by atoms with Crippen LogP contribution in [0.4, 0.5) is 0 Å². The van der Waals surface area contributed by atoms with Crippen LogP contribution in [0.5, 0.6) is 0 Å². The first-order valence-electron chi connectivity index (χ1n) is 11.2. The average Bonchev–Trinajstić information content (AvgIpc) is 2.80. The van der Waals surface area contributed by atoms with Gasteiger partial charge in [0, 0.05) is 9.89 Å². The molecule has 4 rings (SSSR count). The molecule has 4 aromatic rings. The molecule has 0 N–H and O–H groups in total. The van der Waals surface area contributed by atoms with Crippen LogP contribution in [0.3, 0.4) is 0 Å². The fraction of sp³-hybridized carbons (Fsp3) is 0.200. The van der Waals surface area contributed by atoms with Crippen molar-refractivity contribution in [3.63, 3.8) is 0 Å². The van der Waals surface area contributed by atoms with Crippen LogP contribution in [0.15, 0.2) is 102 Å². The van der Waals surface area contributed by atoms with E-state index in [1.807, 2.05) is 12.1 Å². The van der Waals surface area contributed by atoms with Crippen molar-refractivity contribution in [2.45, 2.75) is 32.6 Å². The van der Waals surface area contributed by atoms with Crippen molar-refractivity contribution in [1.29, 1.82) is 0 Å². The second kappa shape index (κ2) is 9.51. The Kier molecular flexibility index (Phi) is 6.72. The maximum atomic E-state index is 5.85. The Bertz CT molecular complexity index is 1070. The Labute approximate surface area is 202 Å². The number of rotatable bonds is 6. The van der Waals surface area contributed by atoms with Gasteiger partial charge in [-0.1, -0.05) is 127 Å². The van der Waals surface area contributed by atoms with Gasteiger partial charge in [0.2, 0.25) is 0 Å². The van der Waals surface area contributed by atoms with E-state index in [9.17, 15) is 0 Å². The fourth-order valence-corrected chi connectivity index (χ4v) is 4.86. The Hall–Kier alpha value is -2.58. The first kappa shape index (κ1) is 22.6. The summed E-state index contributed by atoms with van der Waals surface area (Å²) in [7, 11) is 5.85. The van der Waals surface area contributed by atoms with Gasteiger partial charge in [-0.2, -0.15) is 0 Å². The van der Waals surface area contributed by atoms with E-state index >= 15 is 0 Å². The van der Waals surface area contributed by atoms with Crippen molar-refractivity contribution in [3.05, 3.63) is 113 Å². The number of hydrogen-bond donors (Lipinski definition) is 0. The summed E-state index contributed by atoms with van der Waals surface area (Å²) < 4.78 is 1.10. The van der Waals surface area contributed by atoms with Crippen LogP contribution in [0.1, 0.15) is 38.3 Å². The smallest absolute Gasteiger partial charge is 0.0966 e. The predicted molar refractivity (Wildman–Crippen MR) is 143 cm³/mol. The van der Waals surface area contributed by atoms with Crippen LogP contribution >= 0.6 is 15.9 Å². The summed E-state index contributed by atoms with van der Waals surface area (Å²) >= 11 is 3.52. The zero-order valence-electron chi connectivity index (χ0n) is 19.0. The Balaban J connectivity index is 1.67. The molecule has 0 nitrogen and oxygen atoms in total. The third kappa shape index (κ3) is 4.91. The van der Waals surface area contributed by atoms with Gasteiger partial charge in [-0.15, -0.1) is 0 Å². The summed E-state index contributed by atoms with van der Waals surface area (Å²) in [6.07, 6.45) is 1.09. The van der Waals surface area contributed by atoms with Gasteiger partial charge < -0.3 is 0 Å². The highest BCUT2D eigenvalue weighted by molar-refractivity contribution is 9.10. The summed E-state index contributed by atoms with van der Waals surface area (Å²) in [5, 5.41) is 0. The van der Waals surface area contributed by atoms with Gasteiger partial charge in [-0.3, -0.25) is 0 Å². The van der Waals surface area contributed by atoms with Gasteiger partial charge in [-0.25, -0.2) is 0 Å². The van der Waals surface area contributed by atoms with Crippen molar-refractivity contribution in [3.8, 4) is 22.3 Å². The molecule has 0 saturated heterocycles. The van der Waals surface area contributed by atoms with E-state index in [0.717, 1.165) is 16.4 Å². The molecule has 0 amide bonds. The molecule has 0 aliphatic carbocycles. The summed E-state index contributed by atoms with van der Waals surface area (Å²) in [6, 6.07) is 34.7. The second-order valence-corrected chi connectivity index (χ2v) is 10.1. The van der Waals surface area contributed by atoms with E-state index in [1.165, 1.54) is 33.4 Å². The lowest BCUT2D eigenvalue weighted by Gasteiger charge is -2.33. The van der Waals surface area contributed by atoms with Crippen LogP contribution in [0.25, 0.3) is 22.3 Å². The molecule has 0 aromatic heterocycles. The molecule has 0 saturated carbocycles. The van der Waals surface area contributed by atoms with Crippen molar-refractivity contribution >= 4 is 29.2 Å². The standard InChI is InChI=1S/C30H28BBr/c1-21(2)20-30(3,26-12-4-22(5-13-26)24-8-16-28(31)17-9-24)27-14-6-23(7-15-27)25-10-18-29(32)19-11-25/h4-19,21H,20H2,1-3H3. The first-order chi connectivity index (χ1) is 15.3. The highest BCUT2D eigenvalue weighted by atomic mass is 79.9. The lowest BCUT2D eigenvalue weighted by atomic mass is 9.70. The summed E-state index contributed by atoms with van der Waals surface area (Å²) in [5.41, 5.74) is 8.33. The number of halogens is 1. The van der Waals surface area contributed by atoms with Gasteiger partial charge in [0.15, 0.2) is 0 Å². The normalized spacial score (nSPS) is 13.2. The average molecular weight is 479 g/mol. The van der Waals surface area contributed by atoms with E-state index in [0.29, 0.717) is 5.92 Å². The SMILES string of the molecule is [B]c1ccc(-c2ccc(C(C)(CC(C)C)c3ccc(-c4ccc(Br)cc4)cc3)cc2)cc1. The lowest BCUT2D eigenvalue weighted by Crippen LogP contribution is -2.25. The minimum Gasteiger partial charge on any atom is -0.0966 e. The topological polar surface area (TPSA) is 0 Å². The van der Waals surface area contributed by atoms with Crippen LogP contribution in [0, 0.1) is 5.92 Å². The lowest BCUT2D eigenvalue weighted by molar-refractivity contribution is 0.427. The summed E-state index contributed by atoms with van der Waals surface area (Å²) in [6.45, 7) is 6.98. The second-order valence-electron chi connectivity index (χ2n) is 9.21. The third-order valence-electron chi connectivity index (χ3n) is 6.28. The monoisotopic (exact) mass is 478 g/mol. The van der Waals surface area contributed by atoms with E-state index in [2.05, 4.69) is 122 Å². The Morgan fingerprint density at radius 1 is 0.625 bits per heavy atom. The molecular formula is C30H28BBr. The Morgan fingerprint density at radius 2 is 0.969 bits per heavy atom. The van der Waals surface area contributed by atoms with E-state index < -0.39 is 0 Å². The largest absolute Gasteiger partial charge is 0.113 e. The molecule has 0 heterocycles. The summed E-state index contributed by atoms with van der Waals surface area (Å²) in [5.74, 6) is 0.586. The first-order valence-corrected chi connectivity index (χ1v) is 12.0. The zero-order chi connectivity index (χ0) is 22.7. The molecule has 1 unspecified atom stereocenters. The van der Waals surface area contributed by atoms with Gasteiger partial charge in [0.05, 0.1) is 0 Å². The van der Waals surface area contributed by atoms with Crippen molar-refractivity contribution in [1.82, 2.24) is 0 Å². The maximum Gasteiger partial charge on any atom is 0.113 e. The maximum absolute atomic E-state index is 5.85. The predicted octanol–water partition coefficient (Wildman–Crippen LogP) is 7.93. The molecule has 0 aliphatic heterocycles. The molecule has 1 atom stereocenters. The number of benzene rings is 4. The van der Waals surface area contributed by atoms with Crippen molar-refractivity contribution in [2.75, 3.05) is 0 Å². The van der Waals surface area contributed by atoms with Gasteiger partial charge in [0.25, 0.3) is 0 Å². The zero-order valence-corrected chi connectivity index (χ0v) is 20.6. The molecule has 0 fully saturated rings. The Morgan fingerprint density at radius 3 is 1.34 bits per heavy atom. The van der Waals surface area contributed by atoms with Crippen LogP contribution in [-0.2, 0) is 5.41 Å². The minimum atomic E-state index is -0.0495. The fourth-order valence-electron chi connectivity index (χ4n) is 4.60. The van der Waals surface area contributed by atoms with E-state index in [-0.39, 0.29) is 5.41 Å². The van der Waals surface area contributed by atoms with Crippen LogP contribution < -0.4 is 5.46 Å². The molecule has 0 aliphatic rings. The molecule has 2 radical (unpaired) electrons. The molecule has 158 valence electrons. The number of hydrogen-bond acceptors (Lipinski definition) is 0. The van der Waals surface area contributed by atoms with Gasteiger partial charge in [0.1, 0.15) is 7.85 Å². The molecular weight excluding hydrogens is 451 g/mol. The van der Waals surface area contributed by atoms with Crippen LogP contribution in [0.2, 0.25) is 0 Å². The molecule has 32 heavy (non-hydrogen) atoms. The highest BCUT2D eigenvalue weighted by Gasteiger charge is 2.30. The quantitative estimate of drug-likeness (QED) is 0.247. The molecule has 2 heteroatoms. The third-order valence-corrected chi connectivity index (χ3v) is 6.81. The van der Waals surface area contributed by atoms with Crippen molar-refractivity contribution < 1.29 is 0 Å². The molecule has 0 spiro atoms. The molecule has 0 bridgehead atoms. The molecule has 4 aromatic carbocycles. The van der Waals surface area contributed by atoms with E-state index in [4.69, 9.17) is 7.85 Å². The summed E-state index contributed by atoms with van der Waals surface area (Å²) in [4.78, 5) is 0. The van der Waals surface area contributed by atoms with Gasteiger partial charge in [-0.05, 0) is 57.9 Å².